The average Bonchev–Trinajstić information content (AvgIpc) is 3.35. The van der Waals surface area contributed by atoms with E-state index in [0.717, 1.165) is 37.0 Å². The van der Waals surface area contributed by atoms with E-state index in [0.29, 0.717) is 6.54 Å². The van der Waals surface area contributed by atoms with Crippen LogP contribution >= 0.6 is 0 Å². The Morgan fingerprint density at radius 3 is 2.21 bits per heavy atom. The zero-order valence-electron chi connectivity index (χ0n) is 21.0. The van der Waals surface area contributed by atoms with Gasteiger partial charge >= 0.3 is 6.03 Å². The molecule has 0 bridgehead atoms. The fourth-order valence-electron chi connectivity index (χ4n) is 5.84. The average molecular weight is 447 g/mol. The monoisotopic (exact) mass is 446 g/mol. The predicted molar refractivity (Wildman–Crippen MR) is 137 cm³/mol. The number of benzene rings is 1. The number of urea groups is 1. The molecule has 0 unspecified atom stereocenters. The number of carbonyl (C=O) groups excluding carboxylic acids is 1. The van der Waals surface area contributed by atoms with Crippen molar-refractivity contribution in [2.45, 2.75) is 84.6 Å². The van der Waals surface area contributed by atoms with Gasteiger partial charge in [-0.1, -0.05) is 58.7 Å². The van der Waals surface area contributed by atoms with E-state index in [1.807, 2.05) is 17.2 Å². The summed E-state index contributed by atoms with van der Waals surface area (Å²) in [6.45, 7) is 13.7. The molecule has 1 saturated carbocycles. The number of hydrogen-bond acceptors (Lipinski definition) is 2. The van der Waals surface area contributed by atoms with E-state index in [1.165, 1.54) is 27.8 Å². The molecule has 5 heteroatoms. The van der Waals surface area contributed by atoms with Crippen LogP contribution in [0.2, 0.25) is 0 Å². The van der Waals surface area contributed by atoms with Crippen molar-refractivity contribution in [3.05, 3.63) is 58.9 Å². The molecule has 2 aromatic heterocycles. The Labute approximate surface area is 198 Å². The van der Waals surface area contributed by atoms with E-state index in [2.05, 4.69) is 70.4 Å². The van der Waals surface area contributed by atoms with Gasteiger partial charge in [0.25, 0.3) is 0 Å². The molecule has 1 aromatic carbocycles. The van der Waals surface area contributed by atoms with Crippen LogP contribution in [0.25, 0.3) is 11.0 Å². The maximum Gasteiger partial charge on any atom is 0.319 e. The van der Waals surface area contributed by atoms with E-state index in [9.17, 15) is 4.79 Å². The first kappa shape index (κ1) is 23.3. The van der Waals surface area contributed by atoms with E-state index in [4.69, 9.17) is 10.7 Å². The van der Waals surface area contributed by atoms with Crippen LogP contribution in [-0.4, -0.2) is 22.1 Å². The minimum atomic E-state index is -0.380. The first-order valence-corrected chi connectivity index (χ1v) is 12.3. The molecule has 1 fully saturated rings. The lowest BCUT2D eigenvalue weighted by Crippen LogP contribution is -2.49. The van der Waals surface area contributed by atoms with Gasteiger partial charge in [-0.05, 0) is 67.3 Å². The van der Waals surface area contributed by atoms with E-state index >= 15 is 0 Å². The third-order valence-electron chi connectivity index (χ3n) is 7.62. The number of nitrogens with zero attached hydrogens (tertiary/aromatic N) is 3. The molecule has 2 heterocycles. The fourth-order valence-corrected chi connectivity index (χ4v) is 5.84. The smallest absolute Gasteiger partial charge is 0.319 e. The molecular weight excluding hydrogens is 408 g/mol. The lowest BCUT2D eigenvalue weighted by Gasteiger charge is -2.39. The number of carbonyl (C=O) groups is 1. The van der Waals surface area contributed by atoms with Gasteiger partial charge in [0.1, 0.15) is 5.65 Å². The minimum Gasteiger partial charge on any atom is -0.351 e. The molecule has 2 N–H and O–H groups in total. The van der Waals surface area contributed by atoms with Crippen molar-refractivity contribution in [1.29, 1.82) is 0 Å². The highest BCUT2D eigenvalue weighted by molar-refractivity contribution is 5.93. The summed E-state index contributed by atoms with van der Waals surface area (Å²) in [5, 5.41) is 1.19. The third kappa shape index (κ3) is 3.92. The van der Waals surface area contributed by atoms with Crippen molar-refractivity contribution < 1.29 is 4.79 Å². The lowest BCUT2D eigenvalue weighted by atomic mass is 9.90. The lowest BCUT2D eigenvalue weighted by molar-refractivity contribution is 0.245. The Bertz CT molecular complexity index is 1140. The minimum absolute atomic E-state index is 0.224. The van der Waals surface area contributed by atoms with Crippen LogP contribution in [-0.2, 0) is 5.54 Å². The van der Waals surface area contributed by atoms with Crippen molar-refractivity contribution in [2.75, 3.05) is 11.4 Å². The van der Waals surface area contributed by atoms with Gasteiger partial charge in [0.05, 0.1) is 17.8 Å². The highest BCUT2D eigenvalue weighted by Crippen LogP contribution is 2.44. The van der Waals surface area contributed by atoms with Crippen LogP contribution in [0.1, 0.15) is 87.6 Å². The number of aryl methyl sites for hydroxylation is 1. The van der Waals surface area contributed by atoms with Gasteiger partial charge in [0, 0.05) is 17.3 Å². The van der Waals surface area contributed by atoms with Gasteiger partial charge in [-0.3, -0.25) is 4.90 Å². The highest BCUT2D eigenvalue weighted by Gasteiger charge is 2.42. The van der Waals surface area contributed by atoms with Crippen molar-refractivity contribution in [3.63, 3.8) is 0 Å². The Hall–Kier alpha value is -2.82. The molecular formula is C28H38N4O. The van der Waals surface area contributed by atoms with Crippen LogP contribution in [0.4, 0.5) is 10.5 Å². The predicted octanol–water partition coefficient (Wildman–Crippen LogP) is 6.75. The molecule has 3 aromatic rings. The fraction of sp³-hybridized carbons (Fsp3) is 0.500. The molecule has 5 nitrogen and oxygen atoms in total. The molecule has 0 aliphatic heterocycles. The number of hydrogen-bond donors (Lipinski definition) is 1. The summed E-state index contributed by atoms with van der Waals surface area (Å²) in [5.41, 5.74) is 12.8. The molecule has 33 heavy (non-hydrogen) atoms. The van der Waals surface area contributed by atoms with Crippen LogP contribution in [0.5, 0.6) is 0 Å². The molecule has 2 amide bonds. The highest BCUT2D eigenvalue weighted by atomic mass is 16.2. The molecule has 0 spiro atoms. The van der Waals surface area contributed by atoms with Crippen LogP contribution in [0.15, 0.2) is 36.5 Å². The normalized spacial score (nSPS) is 15.6. The largest absolute Gasteiger partial charge is 0.351 e. The van der Waals surface area contributed by atoms with Crippen LogP contribution in [0, 0.1) is 13.8 Å². The number of fused-ring (bicyclic) bond motifs is 1. The summed E-state index contributed by atoms with van der Waals surface area (Å²) < 4.78 is 2.42. The number of primary amides is 1. The standard InChI is InChI=1S/C28H38N4O/c1-18(2)22-11-9-12-23(19(3)4)25(22)31(27(29)33)17-28(14-7-8-15-28)32-21(6)20(5)24-13-10-16-30-26(24)32/h9-13,16,18-19H,7-8,14-15,17H2,1-6H3,(H2,29,33). The SMILES string of the molecule is Cc1c(C)n(C2(CN(C(N)=O)c3c(C(C)C)cccc3C(C)C)CCCC2)c2ncccc12. The van der Waals surface area contributed by atoms with Gasteiger partial charge < -0.3 is 10.3 Å². The second-order valence-electron chi connectivity index (χ2n) is 10.4. The molecule has 1 aliphatic carbocycles. The van der Waals surface area contributed by atoms with E-state index < -0.39 is 0 Å². The zero-order valence-corrected chi connectivity index (χ0v) is 21.0. The molecule has 176 valence electrons. The van der Waals surface area contributed by atoms with Gasteiger partial charge in [-0.2, -0.15) is 0 Å². The van der Waals surface area contributed by atoms with Gasteiger partial charge in [0.15, 0.2) is 0 Å². The summed E-state index contributed by atoms with van der Waals surface area (Å²) in [6, 6.07) is 10.2. The molecule has 1 aliphatic rings. The Balaban J connectivity index is 1.92. The van der Waals surface area contributed by atoms with Crippen molar-refractivity contribution in [1.82, 2.24) is 9.55 Å². The summed E-state index contributed by atoms with van der Waals surface area (Å²) in [7, 11) is 0. The Morgan fingerprint density at radius 1 is 1.06 bits per heavy atom. The van der Waals surface area contributed by atoms with Crippen molar-refractivity contribution >= 4 is 22.8 Å². The zero-order chi connectivity index (χ0) is 23.9. The van der Waals surface area contributed by atoms with Crippen molar-refractivity contribution in [2.24, 2.45) is 5.73 Å². The Morgan fingerprint density at radius 2 is 1.67 bits per heavy atom. The quantitative estimate of drug-likeness (QED) is 0.455. The summed E-state index contributed by atoms with van der Waals surface area (Å²) >= 11 is 0. The van der Waals surface area contributed by atoms with Gasteiger partial charge in [0.2, 0.25) is 0 Å². The first-order chi connectivity index (χ1) is 15.7. The number of para-hydroxylation sites is 1. The van der Waals surface area contributed by atoms with Crippen molar-refractivity contribution in [3.8, 4) is 0 Å². The molecule has 0 atom stereocenters. The van der Waals surface area contributed by atoms with Gasteiger partial charge in [-0.15, -0.1) is 0 Å². The third-order valence-corrected chi connectivity index (χ3v) is 7.62. The number of rotatable bonds is 6. The number of nitrogens with two attached hydrogens (primary N) is 1. The van der Waals surface area contributed by atoms with E-state index in [1.54, 1.807) is 0 Å². The van der Waals surface area contributed by atoms with Crippen LogP contribution in [0.3, 0.4) is 0 Å². The molecule has 0 saturated heterocycles. The molecule has 4 rings (SSSR count). The second-order valence-corrected chi connectivity index (χ2v) is 10.4. The number of aromatic nitrogens is 2. The maximum absolute atomic E-state index is 13.1. The van der Waals surface area contributed by atoms with Gasteiger partial charge in [-0.25, -0.2) is 9.78 Å². The Kier molecular flexibility index (Phi) is 6.26. The first-order valence-electron chi connectivity index (χ1n) is 12.3. The summed E-state index contributed by atoms with van der Waals surface area (Å²) in [4.78, 5) is 19.8. The molecule has 0 radical (unpaired) electrons. The van der Waals surface area contributed by atoms with E-state index in [-0.39, 0.29) is 23.4 Å². The van der Waals surface area contributed by atoms with Crippen LogP contribution < -0.4 is 10.6 Å². The maximum atomic E-state index is 13.1. The topological polar surface area (TPSA) is 64.2 Å². The summed E-state index contributed by atoms with van der Waals surface area (Å²) in [5.74, 6) is 0.580. The number of anilines is 1. The summed E-state index contributed by atoms with van der Waals surface area (Å²) in [6.07, 6.45) is 6.18. The second kappa shape index (κ2) is 8.85. The number of amides is 2. The number of pyridine rings is 1.